The number of methoxy groups -OCH3 is 1. The molecule has 4 rings (SSSR count). The summed E-state index contributed by atoms with van der Waals surface area (Å²) < 4.78 is 34.3. The van der Waals surface area contributed by atoms with Crippen molar-refractivity contribution < 1.29 is 17.9 Å². The number of esters is 1. The third kappa shape index (κ3) is 2.90. The molecule has 1 unspecified atom stereocenters. The summed E-state index contributed by atoms with van der Waals surface area (Å²) in [6, 6.07) is 17.2. The Labute approximate surface area is 157 Å². The second kappa shape index (κ2) is 6.59. The number of carbonyl (C=O) groups excluding carboxylic acids is 1. The molecule has 0 amide bonds. The molecule has 1 atom stereocenters. The van der Waals surface area contributed by atoms with Gasteiger partial charge in [-0.2, -0.15) is 0 Å². The van der Waals surface area contributed by atoms with Crippen LogP contribution in [0.5, 0.6) is 0 Å². The van der Waals surface area contributed by atoms with Gasteiger partial charge in [-0.1, -0.05) is 18.2 Å². The van der Waals surface area contributed by atoms with Crippen LogP contribution in [0.1, 0.15) is 18.0 Å². The van der Waals surface area contributed by atoms with E-state index in [2.05, 4.69) is 0 Å². The minimum atomic E-state index is -3.75. The van der Waals surface area contributed by atoms with Crippen LogP contribution in [-0.4, -0.2) is 26.1 Å². The van der Waals surface area contributed by atoms with E-state index in [1.807, 2.05) is 41.2 Å². The Morgan fingerprint density at radius 2 is 1.59 bits per heavy atom. The first kappa shape index (κ1) is 17.4. The quantitative estimate of drug-likeness (QED) is 0.650. The molecule has 27 heavy (non-hydrogen) atoms. The van der Waals surface area contributed by atoms with Gasteiger partial charge < -0.3 is 9.30 Å². The standard InChI is InChI=1S/C20H18N2O4S/c1-26-20(23)14-18-17-6-2-3-7-19(17)27(24,25)22(18)16-10-8-15(9-11-16)21-12-4-5-13-21/h2-13,18H,14H2,1H3. The van der Waals surface area contributed by atoms with Crippen LogP contribution in [0, 0.1) is 0 Å². The van der Waals surface area contributed by atoms with Gasteiger partial charge in [-0.3, -0.25) is 9.10 Å². The smallest absolute Gasteiger partial charge is 0.307 e. The number of rotatable bonds is 4. The highest BCUT2D eigenvalue weighted by molar-refractivity contribution is 7.93. The van der Waals surface area contributed by atoms with Crippen LogP contribution >= 0.6 is 0 Å². The maximum Gasteiger partial charge on any atom is 0.307 e. The molecule has 0 fully saturated rings. The molecule has 1 aromatic heterocycles. The highest BCUT2D eigenvalue weighted by atomic mass is 32.2. The third-order valence-corrected chi connectivity index (χ3v) is 6.60. The molecular formula is C20H18N2O4S. The fourth-order valence-electron chi connectivity index (χ4n) is 3.42. The van der Waals surface area contributed by atoms with E-state index in [1.54, 1.807) is 36.4 Å². The zero-order chi connectivity index (χ0) is 19.0. The average molecular weight is 382 g/mol. The minimum Gasteiger partial charge on any atom is -0.469 e. The Bertz CT molecular complexity index is 1070. The lowest BCUT2D eigenvalue weighted by Crippen LogP contribution is -2.29. The molecule has 2 aromatic carbocycles. The predicted octanol–water partition coefficient (Wildman–Crippen LogP) is 3.29. The Morgan fingerprint density at radius 3 is 2.26 bits per heavy atom. The van der Waals surface area contributed by atoms with Gasteiger partial charge >= 0.3 is 5.97 Å². The first-order valence-electron chi connectivity index (χ1n) is 8.46. The number of hydrogen-bond acceptors (Lipinski definition) is 4. The number of nitrogens with zero attached hydrogens (tertiary/aromatic N) is 2. The second-order valence-corrected chi connectivity index (χ2v) is 8.02. The molecule has 2 heterocycles. The molecule has 6 nitrogen and oxygen atoms in total. The van der Waals surface area contributed by atoms with Crippen molar-refractivity contribution in [3.8, 4) is 5.69 Å². The zero-order valence-electron chi connectivity index (χ0n) is 14.6. The SMILES string of the molecule is COC(=O)CC1c2ccccc2S(=O)(=O)N1c1ccc(-n2cccc2)cc1. The molecular weight excluding hydrogens is 364 g/mol. The summed E-state index contributed by atoms with van der Waals surface area (Å²) in [5.41, 5.74) is 2.04. The van der Waals surface area contributed by atoms with Gasteiger partial charge in [0.15, 0.2) is 0 Å². The maximum atomic E-state index is 13.1. The second-order valence-electron chi connectivity index (χ2n) is 6.24. The van der Waals surface area contributed by atoms with Crippen molar-refractivity contribution in [3.05, 3.63) is 78.6 Å². The lowest BCUT2D eigenvalue weighted by atomic mass is 10.0. The van der Waals surface area contributed by atoms with Crippen molar-refractivity contribution in [2.45, 2.75) is 17.4 Å². The van der Waals surface area contributed by atoms with Crippen molar-refractivity contribution in [1.29, 1.82) is 0 Å². The summed E-state index contributed by atoms with van der Waals surface area (Å²) in [7, 11) is -2.45. The predicted molar refractivity (Wildman–Crippen MR) is 101 cm³/mol. The van der Waals surface area contributed by atoms with E-state index in [9.17, 15) is 13.2 Å². The molecule has 0 N–H and O–H groups in total. The highest BCUT2D eigenvalue weighted by Gasteiger charge is 2.43. The minimum absolute atomic E-state index is 0.0495. The Balaban J connectivity index is 1.78. The van der Waals surface area contributed by atoms with E-state index in [0.717, 1.165) is 5.69 Å². The summed E-state index contributed by atoms with van der Waals surface area (Å²) >= 11 is 0. The van der Waals surface area contributed by atoms with E-state index in [-0.39, 0.29) is 11.3 Å². The largest absolute Gasteiger partial charge is 0.469 e. The van der Waals surface area contributed by atoms with Crippen molar-refractivity contribution in [3.63, 3.8) is 0 Å². The lowest BCUT2D eigenvalue weighted by molar-refractivity contribution is -0.141. The van der Waals surface area contributed by atoms with Gasteiger partial charge in [0.1, 0.15) is 0 Å². The molecule has 0 spiro atoms. The maximum absolute atomic E-state index is 13.1. The van der Waals surface area contributed by atoms with Gasteiger partial charge in [-0.15, -0.1) is 0 Å². The van der Waals surface area contributed by atoms with Gasteiger partial charge in [0.05, 0.1) is 30.2 Å². The van der Waals surface area contributed by atoms with E-state index in [1.165, 1.54) is 11.4 Å². The molecule has 3 aromatic rings. The normalized spacial score (nSPS) is 17.5. The number of benzene rings is 2. The highest BCUT2D eigenvalue weighted by Crippen LogP contribution is 2.44. The van der Waals surface area contributed by atoms with Crippen LogP contribution in [0.4, 0.5) is 5.69 Å². The molecule has 1 aliphatic rings. The first-order valence-corrected chi connectivity index (χ1v) is 9.90. The van der Waals surface area contributed by atoms with Crippen molar-refractivity contribution >= 4 is 21.7 Å². The summed E-state index contributed by atoms with van der Waals surface area (Å²) in [5, 5.41) is 0. The van der Waals surface area contributed by atoms with E-state index < -0.39 is 22.0 Å². The van der Waals surface area contributed by atoms with Crippen LogP contribution in [0.25, 0.3) is 5.69 Å². The average Bonchev–Trinajstić information content (AvgIpc) is 3.28. The van der Waals surface area contributed by atoms with E-state index in [4.69, 9.17) is 4.74 Å². The fourth-order valence-corrected chi connectivity index (χ4v) is 5.31. The van der Waals surface area contributed by atoms with Crippen molar-refractivity contribution in [1.82, 2.24) is 4.57 Å². The van der Waals surface area contributed by atoms with Crippen LogP contribution in [0.3, 0.4) is 0 Å². The molecule has 0 bridgehead atoms. The number of aromatic nitrogens is 1. The summed E-state index contributed by atoms with van der Waals surface area (Å²) in [4.78, 5) is 12.2. The number of fused-ring (bicyclic) bond motifs is 1. The first-order chi connectivity index (χ1) is 13.0. The van der Waals surface area contributed by atoms with Crippen molar-refractivity contribution in [2.24, 2.45) is 0 Å². The fraction of sp³-hybridized carbons (Fsp3) is 0.150. The Hall–Kier alpha value is -3.06. The number of carbonyl (C=O) groups is 1. The molecule has 138 valence electrons. The Kier molecular flexibility index (Phi) is 4.24. The van der Waals surface area contributed by atoms with Crippen molar-refractivity contribution in [2.75, 3.05) is 11.4 Å². The lowest BCUT2D eigenvalue weighted by Gasteiger charge is -2.25. The summed E-state index contributed by atoms with van der Waals surface area (Å²) in [6.07, 6.45) is 3.78. The molecule has 1 aliphatic heterocycles. The van der Waals surface area contributed by atoms with Crippen LogP contribution in [0.2, 0.25) is 0 Å². The van der Waals surface area contributed by atoms with Crippen LogP contribution in [-0.2, 0) is 19.6 Å². The van der Waals surface area contributed by atoms with Gasteiger partial charge in [0.25, 0.3) is 10.0 Å². The zero-order valence-corrected chi connectivity index (χ0v) is 15.5. The number of hydrogen-bond donors (Lipinski definition) is 0. The van der Waals surface area contributed by atoms with Gasteiger partial charge in [0, 0.05) is 18.1 Å². The number of ether oxygens (including phenoxy) is 1. The number of anilines is 1. The van der Waals surface area contributed by atoms with E-state index in [0.29, 0.717) is 11.3 Å². The monoisotopic (exact) mass is 382 g/mol. The Morgan fingerprint density at radius 1 is 0.963 bits per heavy atom. The molecule has 7 heteroatoms. The topological polar surface area (TPSA) is 68.6 Å². The summed E-state index contributed by atoms with van der Waals surface area (Å²) in [6.45, 7) is 0. The molecule has 0 radical (unpaired) electrons. The molecule has 0 saturated carbocycles. The van der Waals surface area contributed by atoms with Gasteiger partial charge in [-0.05, 0) is 48.0 Å². The third-order valence-electron chi connectivity index (χ3n) is 4.69. The number of sulfonamides is 1. The van der Waals surface area contributed by atoms with Crippen LogP contribution < -0.4 is 4.31 Å². The molecule has 0 saturated heterocycles. The molecule has 0 aliphatic carbocycles. The summed E-state index contributed by atoms with van der Waals surface area (Å²) in [5.74, 6) is -0.458. The van der Waals surface area contributed by atoms with Gasteiger partial charge in [0.2, 0.25) is 0 Å². The van der Waals surface area contributed by atoms with Gasteiger partial charge in [-0.25, -0.2) is 8.42 Å². The van der Waals surface area contributed by atoms with Crippen LogP contribution in [0.15, 0.2) is 78.0 Å². The van der Waals surface area contributed by atoms with E-state index >= 15 is 0 Å².